The smallest absolute Gasteiger partial charge is 0.337 e. The number of rotatable bonds is 6. The standard InChI is InChI=1S/C22H28N4O2/c1-23-22(24-14-12-17-8-10-18(11-9-17)21(27)28-2)25-19-13-15-26(16-19)20-6-4-3-5-7-20/h3-11,19H,12-16H2,1-2H3,(H2,23,24,25). The molecule has 1 aliphatic heterocycles. The van der Waals surface area contributed by atoms with Gasteiger partial charge in [-0.15, -0.1) is 0 Å². The number of carbonyl (C=O) groups excluding carboxylic acids is 1. The van der Waals surface area contributed by atoms with Gasteiger partial charge in [-0.25, -0.2) is 4.79 Å². The number of esters is 1. The van der Waals surface area contributed by atoms with Gasteiger partial charge >= 0.3 is 5.97 Å². The minimum atomic E-state index is -0.310. The Balaban J connectivity index is 1.43. The van der Waals surface area contributed by atoms with E-state index in [9.17, 15) is 4.79 Å². The number of hydrogen-bond acceptors (Lipinski definition) is 4. The van der Waals surface area contributed by atoms with Crippen LogP contribution in [0, 0.1) is 0 Å². The van der Waals surface area contributed by atoms with Gasteiger partial charge in [0, 0.05) is 38.4 Å². The van der Waals surface area contributed by atoms with Crippen LogP contribution in [-0.2, 0) is 11.2 Å². The second-order valence-electron chi connectivity index (χ2n) is 6.85. The van der Waals surface area contributed by atoms with E-state index in [1.165, 1.54) is 12.8 Å². The zero-order chi connectivity index (χ0) is 19.8. The van der Waals surface area contributed by atoms with Crippen molar-refractivity contribution in [3.63, 3.8) is 0 Å². The van der Waals surface area contributed by atoms with Gasteiger partial charge in [-0.3, -0.25) is 4.99 Å². The fraction of sp³-hybridized carbons (Fsp3) is 0.364. The number of nitrogens with zero attached hydrogens (tertiary/aromatic N) is 2. The summed E-state index contributed by atoms with van der Waals surface area (Å²) in [6.45, 7) is 2.79. The summed E-state index contributed by atoms with van der Waals surface area (Å²) in [5.41, 5.74) is 3.00. The molecule has 0 aromatic heterocycles. The van der Waals surface area contributed by atoms with Gasteiger partial charge in [0.05, 0.1) is 12.7 Å². The van der Waals surface area contributed by atoms with E-state index < -0.39 is 0 Å². The van der Waals surface area contributed by atoms with Crippen LogP contribution in [0.3, 0.4) is 0 Å². The van der Waals surface area contributed by atoms with Gasteiger partial charge in [-0.05, 0) is 42.7 Å². The van der Waals surface area contributed by atoms with Crippen LogP contribution in [0.2, 0.25) is 0 Å². The summed E-state index contributed by atoms with van der Waals surface area (Å²) in [6, 6.07) is 18.4. The summed E-state index contributed by atoms with van der Waals surface area (Å²) in [6.07, 6.45) is 1.94. The Bertz CT molecular complexity index is 790. The van der Waals surface area contributed by atoms with Gasteiger partial charge in [-0.1, -0.05) is 30.3 Å². The first-order valence-electron chi connectivity index (χ1n) is 9.64. The number of anilines is 1. The lowest BCUT2D eigenvalue weighted by atomic mass is 10.1. The monoisotopic (exact) mass is 380 g/mol. The van der Waals surface area contributed by atoms with Gasteiger partial charge in [-0.2, -0.15) is 0 Å². The molecular weight excluding hydrogens is 352 g/mol. The van der Waals surface area contributed by atoms with Gasteiger partial charge in [0.15, 0.2) is 5.96 Å². The highest BCUT2D eigenvalue weighted by Gasteiger charge is 2.23. The molecule has 0 amide bonds. The van der Waals surface area contributed by atoms with E-state index in [4.69, 9.17) is 4.74 Å². The van der Waals surface area contributed by atoms with E-state index in [1.807, 2.05) is 18.2 Å². The lowest BCUT2D eigenvalue weighted by molar-refractivity contribution is 0.0600. The predicted octanol–water partition coefficient (Wildman–Crippen LogP) is 2.46. The SMILES string of the molecule is CN=C(NCCc1ccc(C(=O)OC)cc1)NC1CCN(c2ccccc2)C1. The largest absolute Gasteiger partial charge is 0.465 e. The van der Waals surface area contributed by atoms with Gasteiger partial charge in [0.2, 0.25) is 0 Å². The quantitative estimate of drug-likeness (QED) is 0.458. The minimum Gasteiger partial charge on any atom is -0.465 e. The molecule has 1 saturated heterocycles. The van der Waals surface area contributed by atoms with Crippen molar-refractivity contribution >= 4 is 17.6 Å². The second kappa shape index (κ2) is 9.78. The molecule has 6 heteroatoms. The van der Waals surface area contributed by atoms with Crippen LogP contribution < -0.4 is 15.5 Å². The van der Waals surface area contributed by atoms with Crippen LogP contribution in [0.1, 0.15) is 22.3 Å². The number of benzene rings is 2. The highest BCUT2D eigenvalue weighted by Crippen LogP contribution is 2.19. The van der Waals surface area contributed by atoms with Crippen LogP contribution in [0.4, 0.5) is 5.69 Å². The number of carbonyl (C=O) groups is 1. The van der Waals surface area contributed by atoms with Crippen molar-refractivity contribution in [1.82, 2.24) is 10.6 Å². The van der Waals surface area contributed by atoms with Crippen LogP contribution >= 0.6 is 0 Å². The first-order valence-corrected chi connectivity index (χ1v) is 9.64. The number of guanidine groups is 1. The van der Waals surface area contributed by atoms with Crippen molar-refractivity contribution in [1.29, 1.82) is 0 Å². The van der Waals surface area contributed by atoms with Crippen molar-refractivity contribution in [2.24, 2.45) is 4.99 Å². The normalized spacial score (nSPS) is 16.7. The van der Waals surface area contributed by atoms with E-state index in [1.54, 1.807) is 19.2 Å². The highest BCUT2D eigenvalue weighted by molar-refractivity contribution is 5.89. The van der Waals surface area contributed by atoms with E-state index >= 15 is 0 Å². The number of aliphatic imine (C=N–C) groups is 1. The maximum Gasteiger partial charge on any atom is 0.337 e. The zero-order valence-corrected chi connectivity index (χ0v) is 16.5. The van der Waals surface area contributed by atoms with Crippen molar-refractivity contribution in [2.75, 3.05) is 38.7 Å². The summed E-state index contributed by atoms with van der Waals surface area (Å²) in [4.78, 5) is 18.2. The molecule has 1 aliphatic rings. The number of nitrogens with one attached hydrogen (secondary N) is 2. The molecule has 1 unspecified atom stereocenters. The molecule has 0 radical (unpaired) electrons. The average molecular weight is 380 g/mol. The number of methoxy groups -OCH3 is 1. The Morgan fingerprint density at radius 1 is 1.18 bits per heavy atom. The Morgan fingerprint density at radius 2 is 1.93 bits per heavy atom. The topological polar surface area (TPSA) is 66.0 Å². The molecule has 6 nitrogen and oxygen atoms in total. The van der Waals surface area contributed by atoms with E-state index in [2.05, 4.69) is 44.8 Å². The van der Waals surface area contributed by atoms with Crippen molar-refractivity contribution in [3.05, 3.63) is 65.7 Å². The van der Waals surface area contributed by atoms with Crippen LogP contribution in [0.15, 0.2) is 59.6 Å². The molecule has 1 fully saturated rings. The molecule has 148 valence electrons. The first kappa shape index (κ1) is 19.7. The predicted molar refractivity (Wildman–Crippen MR) is 113 cm³/mol. The molecule has 2 aromatic rings. The van der Waals surface area contributed by atoms with E-state index in [0.29, 0.717) is 11.6 Å². The fourth-order valence-electron chi connectivity index (χ4n) is 3.39. The molecule has 2 N–H and O–H groups in total. The number of hydrogen-bond donors (Lipinski definition) is 2. The van der Waals surface area contributed by atoms with Crippen LogP contribution in [-0.4, -0.2) is 51.8 Å². The molecule has 1 heterocycles. The number of ether oxygens (including phenoxy) is 1. The van der Waals surface area contributed by atoms with E-state index in [-0.39, 0.29) is 5.97 Å². The molecule has 3 rings (SSSR count). The second-order valence-corrected chi connectivity index (χ2v) is 6.85. The van der Waals surface area contributed by atoms with Crippen molar-refractivity contribution < 1.29 is 9.53 Å². The molecule has 0 spiro atoms. The molecule has 0 bridgehead atoms. The Kier molecular flexibility index (Phi) is 6.89. The third kappa shape index (κ3) is 5.25. The van der Waals surface area contributed by atoms with E-state index in [0.717, 1.165) is 44.0 Å². The third-order valence-corrected chi connectivity index (χ3v) is 4.96. The van der Waals surface area contributed by atoms with Gasteiger partial charge < -0.3 is 20.3 Å². The maximum atomic E-state index is 11.5. The summed E-state index contributed by atoms with van der Waals surface area (Å²) in [5, 5.41) is 6.90. The fourth-order valence-corrected chi connectivity index (χ4v) is 3.39. The molecule has 0 saturated carbocycles. The lowest BCUT2D eigenvalue weighted by Crippen LogP contribution is -2.45. The molecule has 28 heavy (non-hydrogen) atoms. The van der Waals surface area contributed by atoms with Gasteiger partial charge in [0.25, 0.3) is 0 Å². The summed E-state index contributed by atoms with van der Waals surface area (Å²) >= 11 is 0. The zero-order valence-electron chi connectivity index (χ0n) is 16.5. The molecule has 1 atom stereocenters. The summed E-state index contributed by atoms with van der Waals surface area (Å²) in [5.74, 6) is 0.515. The van der Waals surface area contributed by atoms with Crippen molar-refractivity contribution in [2.45, 2.75) is 18.9 Å². The molecule has 2 aromatic carbocycles. The van der Waals surface area contributed by atoms with Crippen LogP contribution in [0.5, 0.6) is 0 Å². The lowest BCUT2D eigenvalue weighted by Gasteiger charge is -2.20. The van der Waals surface area contributed by atoms with Crippen molar-refractivity contribution in [3.8, 4) is 0 Å². The maximum absolute atomic E-state index is 11.5. The first-order chi connectivity index (χ1) is 13.7. The summed E-state index contributed by atoms with van der Waals surface area (Å²) in [7, 11) is 3.19. The Hall–Kier alpha value is -3.02. The summed E-state index contributed by atoms with van der Waals surface area (Å²) < 4.78 is 4.72. The van der Waals surface area contributed by atoms with Gasteiger partial charge in [0.1, 0.15) is 0 Å². The Morgan fingerprint density at radius 3 is 2.61 bits per heavy atom. The average Bonchev–Trinajstić information content (AvgIpc) is 3.22. The number of para-hydroxylation sites is 1. The molecule has 0 aliphatic carbocycles. The van der Waals surface area contributed by atoms with Crippen LogP contribution in [0.25, 0.3) is 0 Å². The minimum absolute atomic E-state index is 0.310. The third-order valence-electron chi connectivity index (χ3n) is 4.96. The highest BCUT2D eigenvalue weighted by atomic mass is 16.5. The molecular formula is C22H28N4O2. The Labute approximate surface area is 166 Å².